The number of guanidine groups is 1. The van der Waals surface area contributed by atoms with E-state index in [2.05, 4.69) is 9.71 Å². The predicted molar refractivity (Wildman–Crippen MR) is 146 cm³/mol. The van der Waals surface area contributed by atoms with Gasteiger partial charge < -0.3 is 31.5 Å². The van der Waals surface area contributed by atoms with Gasteiger partial charge >= 0.3 is 23.9 Å². The molecule has 0 heterocycles. The quantitative estimate of drug-likeness (QED) is 0.0494. The van der Waals surface area contributed by atoms with E-state index >= 15 is 0 Å². The molecule has 222 valence electrons. The Morgan fingerprint density at radius 1 is 0.902 bits per heavy atom. The molecule has 0 bridgehead atoms. The lowest BCUT2D eigenvalue weighted by atomic mass is 10.1. The molecule has 2 rings (SSSR count). The summed E-state index contributed by atoms with van der Waals surface area (Å²) in [5, 5.41) is 27.4. The average Bonchev–Trinajstić information content (AvgIpc) is 2.89. The molecule has 2 aromatic carbocycles. The van der Waals surface area contributed by atoms with Gasteiger partial charge in [-0.15, -0.1) is 0 Å². The first-order valence-corrected chi connectivity index (χ1v) is 13.7. The zero-order valence-electron chi connectivity index (χ0n) is 21.8. The van der Waals surface area contributed by atoms with E-state index in [0.717, 1.165) is 0 Å². The third-order valence-electron chi connectivity index (χ3n) is 5.53. The molecule has 0 amide bonds. The van der Waals surface area contributed by atoms with Crippen LogP contribution in [0.3, 0.4) is 0 Å². The van der Waals surface area contributed by atoms with Crippen LogP contribution in [0, 0.1) is 0 Å². The Labute approximate surface area is 235 Å². The van der Waals surface area contributed by atoms with Crippen LogP contribution in [0.2, 0.25) is 0 Å². The van der Waals surface area contributed by atoms with Gasteiger partial charge in [0.25, 0.3) is 10.2 Å². The predicted octanol–water partition coefficient (Wildman–Crippen LogP) is 1.02. The largest absolute Gasteiger partial charge is 0.481 e. The molecule has 1 unspecified atom stereocenters. The fourth-order valence-electron chi connectivity index (χ4n) is 3.56. The molecule has 0 aromatic heterocycles. The number of carbonyl (C=O) groups is 4. The molecule has 0 aliphatic carbocycles. The number of nitrogens with two attached hydrogens (primary N) is 2. The maximum atomic E-state index is 13.0. The van der Waals surface area contributed by atoms with Gasteiger partial charge in [0.1, 0.15) is 11.8 Å². The summed E-state index contributed by atoms with van der Waals surface area (Å²) in [5.74, 6) is -4.79. The molecule has 15 nitrogen and oxygen atoms in total. The topological polar surface area (TPSA) is 252 Å². The summed E-state index contributed by atoms with van der Waals surface area (Å²) in [6, 6.07) is 9.94. The summed E-state index contributed by atoms with van der Waals surface area (Å²) in [6.07, 6.45) is -0.456. The van der Waals surface area contributed by atoms with Crippen LogP contribution in [0.1, 0.15) is 48.0 Å². The number of nitrogens with zero attached hydrogens (tertiary/aromatic N) is 2. The van der Waals surface area contributed by atoms with Crippen molar-refractivity contribution in [2.75, 3.05) is 6.54 Å². The SMILES string of the molecule is NC(N)=Nc1ccc(C(=O)Oc2ccc(CNS(=O)(=O)N(CCCCCC(=O)O)C(CC(=O)O)C(=O)O)cc2)cc1. The van der Waals surface area contributed by atoms with Gasteiger partial charge in [0.15, 0.2) is 5.96 Å². The Kier molecular flexibility index (Phi) is 12.2. The van der Waals surface area contributed by atoms with E-state index in [0.29, 0.717) is 22.0 Å². The molecule has 16 heteroatoms. The summed E-state index contributed by atoms with van der Waals surface area (Å²) < 4.78 is 34.2. The fourth-order valence-corrected chi connectivity index (χ4v) is 4.95. The summed E-state index contributed by atoms with van der Waals surface area (Å²) in [6.45, 7) is -0.612. The third-order valence-corrected chi connectivity index (χ3v) is 7.10. The smallest absolute Gasteiger partial charge is 0.343 e. The molecule has 0 aliphatic rings. The van der Waals surface area contributed by atoms with Crippen molar-refractivity contribution in [2.45, 2.75) is 44.7 Å². The molecule has 0 aliphatic heterocycles. The highest BCUT2D eigenvalue weighted by molar-refractivity contribution is 7.87. The van der Waals surface area contributed by atoms with Gasteiger partial charge in [-0.05, 0) is 54.8 Å². The van der Waals surface area contributed by atoms with Crippen molar-refractivity contribution in [1.29, 1.82) is 0 Å². The van der Waals surface area contributed by atoms with Crippen LogP contribution in [-0.4, -0.2) is 70.5 Å². The van der Waals surface area contributed by atoms with Crippen LogP contribution >= 0.6 is 0 Å². The van der Waals surface area contributed by atoms with Gasteiger partial charge in [0.05, 0.1) is 17.7 Å². The van der Waals surface area contributed by atoms with Gasteiger partial charge in [0.2, 0.25) is 0 Å². The Hall–Kier alpha value is -4.54. The van der Waals surface area contributed by atoms with E-state index in [4.69, 9.17) is 26.4 Å². The lowest BCUT2D eigenvalue weighted by Crippen LogP contribution is -2.51. The van der Waals surface area contributed by atoms with Gasteiger partial charge in [-0.1, -0.05) is 18.6 Å². The first-order chi connectivity index (χ1) is 19.3. The second kappa shape index (κ2) is 15.3. The molecular weight excluding hydrogens is 562 g/mol. The number of carbonyl (C=O) groups excluding carboxylic acids is 1. The van der Waals surface area contributed by atoms with E-state index in [1.807, 2.05) is 0 Å². The second-order valence-electron chi connectivity index (χ2n) is 8.71. The Morgan fingerprint density at radius 3 is 2.07 bits per heavy atom. The van der Waals surface area contributed by atoms with Crippen LogP contribution in [0.4, 0.5) is 5.69 Å². The fraction of sp³-hybridized carbons (Fsp3) is 0.320. The maximum Gasteiger partial charge on any atom is 0.343 e. The highest BCUT2D eigenvalue weighted by Gasteiger charge is 2.36. The molecule has 0 fully saturated rings. The average molecular weight is 594 g/mol. The highest BCUT2D eigenvalue weighted by Crippen LogP contribution is 2.18. The minimum absolute atomic E-state index is 0.120. The van der Waals surface area contributed by atoms with Crippen LogP contribution in [-0.2, 0) is 31.1 Å². The molecule has 0 spiro atoms. The molecule has 0 saturated heterocycles. The summed E-state index contributed by atoms with van der Waals surface area (Å²) in [7, 11) is -4.48. The molecule has 41 heavy (non-hydrogen) atoms. The Bertz CT molecular complexity index is 1360. The number of hydrogen-bond acceptors (Lipinski definition) is 8. The van der Waals surface area contributed by atoms with Crippen LogP contribution < -0.4 is 20.9 Å². The molecule has 8 N–H and O–H groups in total. The number of aliphatic imine (C=N–C) groups is 1. The molecule has 2 aromatic rings. The standard InChI is InChI=1S/C25H31N5O10S/c26-25(27)29-18-9-7-17(8-10-18)24(37)40-19-11-5-16(6-12-19)15-28-41(38,39)30(13-3-1-2-4-21(31)32)20(23(35)36)14-22(33)34/h5-12,20,28H,1-4,13-15H2,(H,31,32)(H,33,34)(H,35,36)(H4,26,27,29). The van der Waals surface area contributed by atoms with Crippen molar-refractivity contribution in [1.82, 2.24) is 9.03 Å². The van der Waals surface area contributed by atoms with Crippen LogP contribution in [0.25, 0.3) is 0 Å². The normalized spacial score (nSPS) is 11.9. The van der Waals surface area contributed by atoms with E-state index in [1.165, 1.54) is 48.5 Å². The second-order valence-corrected chi connectivity index (χ2v) is 10.4. The molecular formula is C25H31N5O10S. The lowest BCUT2D eigenvalue weighted by molar-refractivity contribution is -0.148. The summed E-state index contributed by atoms with van der Waals surface area (Å²) >= 11 is 0. The van der Waals surface area contributed by atoms with E-state index in [-0.39, 0.29) is 49.6 Å². The van der Waals surface area contributed by atoms with Crippen molar-refractivity contribution in [3.63, 3.8) is 0 Å². The molecule has 0 saturated carbocycles. The number of hydrogen-bond donors (Lipinski definition) is 6. The number of carboxylic acids is 3. The first-order valence-electron chi connectivity index (χ1n) is 12.2. The van der Waals surface area contributed by atoms with Crippen molar-refractivity contribution >= 4 is 45.7 Å². The van der Waals surface area contributed by atoms with Crippen LogP contribution in [0.15, 0.2) is 53.5 Å². The zero-order valence-corrected chi connectivity index (χ0v) is 22.6. The zero-order chi connectivity index (χ0) is 30.6. The monoisotopic (exact) mass is 593 g/mol. The number of ether oxygens (including phenoxy) is 1. The summed E-state index contributed by atoms with van der Waals surface area (Å²) in [5.41, 5.74) is 11.7. The first kappa shape index (κ1) is 32.7. The van der Waals surface area contributed by atoms with Crippen LogP contribution in [0.5, 0.6) is 5.75 Å². The van der Waals surface area contributed by atoms with E-state index < -0.39 is 46.5 Å². The van der Waals surface area contributed by atoms with Gasteiger partial charge in [-0.3, -0.25) is 14.4 Å². The summed E-state index contributed by atoms with van der Waals surface area (Å²) in [4.78, 5) is 49.9. The number of nitrogens with one attached hydrogen (secondary N) is 1. The number of benzene rings is 2. The van der Waals surface area contributed by atoms with Gasteiger partial charge in [0, 0.05) is 19.5 Å². The molecule has 1 atom stereocenters. The lowest BCUT2D eigenvalue weighted by Gasteiger charge is -2.27. The minimum Gasteiger partial charge on any atom is -0.481 e. The van der Waals surface area contributed by atoms with Gasteiger partial charge in [-0.25, -0.2) is 9.79 Å². The van der Waals surface area contributed by atoms with Crippen molar-refractivity contribution < 1.29 is 47.7 Å². The van der Waals surface area contributed by atoms with E-state index in [1.54, 1.807) is 0 Å². The maximum absolute atomic E-state index is 13.0. The highest BCUT2D eigenvalue weighted by atomic mass is 32.2. The Balaban J connectivity index is 2.06. The number of aliphatic carboxylic acids is 3. The van der Waals surface area contributed by atoms with E-state index in [9.17, 15) is 32.7 Å². The number of rotatable bonds is 17. The van der Waals surface area contributed by atoms with Crippen molar-refractivity contribution in [3.05, 3.63) is 59.7 Å². The Morgan fingerprint density at radius 2 is 1.54 bits per heavy atom. The minimum atomic E-state index is -4.48. The van der Waals surface area contributed by atoms with Crippen molar-refractivity contribution in [3.8, 4) is 5.75 Å². The number of esters is 1. The molecule has 0 radical (unpaired) electrons. The number of carboxylic acid groups (broad SMARTS) is 3. The number of unbranched alkanes of at least 4 members (excludes halogenated alkanes) is 2. The third kappa shape index (κ3) is 11.2. The van der Waals surface area contributed by atoms with Crippen molar-refractivity contribution in [2.24, 2.45) is 16.5 Å². The van der Waals surface area contributed by atoms with Gasteiger partial charge in [-0.2, -0.15) is 17.4 Å².